The van der Waals surface area contributed by atoms with Crippen molar-refractivity contribution in [3.8, 4) is 5.69 Å². The lowest BCUT2D eigenvalue weighted by Gasteiger charge is -2.01. The number of aliphatic imine (C=N–C) groups is 2. The van der Waals surface area contributed by atoms with Crippen LogP contribution in [0.5, 0.6) is 0 Å². The Morgan fingerprint density at radius 2 is 1.84 bits per heavy atom. The van der Waals surface area contributed by atoms with E-state index in [2.05, 4.69) is 31.0 Å². The number of nitrogens with zero attached hydrogens (tertiary/aromatic N) is 4. The van der Waals surface area contributed by atoms with E-state index in [1.807, 2.05) is 18.3 Å². The average molecular weight is 322 g/mol. The van der Waals surface area contributed by atoms with Crippen molar-refractivity contribution < 1.29 is 0 Å². The summed E-state index contributed by atoms with van der Waals surface area (Å²) >= 11 is 3.34. The minimum Gasteiger partial charge on any atom is -0.370 e. The number of benzene rings is 1. The maximum atomic E-state index is 5.54. The number of aromatic nitrogens is 2. The zero-order valence-electron chi connectivity index (χ0n) is 9.86. The van der Waals surface area contributed by atoms with Crippen molar-refractivity contribution in [3.63, 3.8) is 0 Å². The number of guanidine groups is 2. The molecule has 0 aliphatic rings. The Morgan fingerprint density at radius 1 is 1.16 bits per heavy atom. The van der Waals surface area contributed by atoms with Crippen LogP contribution >= 0.6 is 15.9 Å². The Labute approximate surface area is 118 Å². The molecule has 2 rings (SSSR count). The maximum absolute atomic E-state index is 5.54. The van der Waals surface area contributed by atoms with Gasteiger partial charge in [0.25, 0.3) is 0 Å². The summed E-state index contributed by atoms with van der Waals surface area (Å²) in [6, 6.07) is 7.31. The third-order valence-corrected chi connectivity index (χ3v) is 2.56. The minimum absolute atomic E-state index is 0.00887. The first-order valence-electron chi connectivity index (χ1n) is 5.29. The standard InChI is InChI=1S/C11H12BrN7/c12-7-5-16-19(6-7)9-3-1-8(2-4-9)17-11(15)18-10(13)14/h1-6H,(H6,13,14,15,17,18). The van der Waals surface area contributed by atoms with Crippen molar-refractivity contribution in [2.24, 2.45) is 27.2 Å². The molecule has 0 amide bonds. The van der Waals surface area contributed by atoms with Gasteiger partial charge in [0, 0.05) is 6.20 Å². The number of nitrogens with two attached hydrogens (primary N) is 3. The van der Waals surface area contributed by atoms with Crippen LogP contribution in [0.4, 0.5) is 5.69 Å². The fraction of sp³-hybridized carbons (Fsp3) is 0. The van der Waals surface area contributed by atoms with Gasteiger partial charge in [-0.1, -0.05) is 0 Å². The van der Waals surface area contributed by atoms with E-state index in [-0.39, 0.29) is 11.9 Å². The quantitative estimate of drug-likeness (QED) is 0.561. The molecule has 98 valence electrons. The molecule has 6 N–H and O–H groups in total. The molecule has 0 bridgehead atoms. The summed E-state index contributed by atoms with van der Waals surface area (Å²) in [5.41, 5.74) is 17.5. The van der Waals surface area contributed by atoms with Gasteiger partial charge in [0.2, 0.25) is 5.96 Å². The molecular formula is C11H12BrN7. The van der Waals surface area contributed by atoms with Gasteiger partial charge in [0.1, 0.15) is 0 Å². The van der Waals surface area contributed by atoms with Crippen molar-refractivity contribution in [3.05, 3.63) is 41.1 Å². The molecule has 1 aromatic carbocycles. The van der Waals surface area contributed by atoms with E-state index in [0.717, 1.165) is 10.2 Å². The van der Waals surface area contributed by atoms with E-state index in [0.29, 0.717) is 5.69 Å². The lowest BCUT2D eigenvalue weighted by molar-refractivity contribution is 0.880. The molecule has 0 saturated heterocycles. The smallest absolute Gasteiger partial charge is 0.223 e. The van der Waals surface area contributed by atoms with Crippen molar-refractivity contribution in [1.82, 2.24) is 9.78 Å². The van der Waals surface area contributed by atoms with Crippen LogP contribution in [-0.2, 0) is 0 Å². The van der Waals surface area contributed by atoms with Gasteiger partial charge >= 0.3 is 0 Å². The second kappa shape index (κ2) is 5.53. The van der Waals surface area contributed by atoms with Crippen molar-refractivity contribution in [2.75, 3.05) is 0 Å². The monoisotopic (exact) mass is 321 g/mol. The third kappa shape index (κ3) is 3.55. The van der Waals surface area contributed by atoms with Crippen LogP contribution in [0.2, 0.25) is 0 Å². The number of hydrogen-bond acceptors (Lipinski definition) is 2. The van der Waals surface area contributed by atoms with Crippen LogP contribution in [0.3, 0.4) is 0 Å². The summed E-state index contributed by atoms with van der Waals surface area (Å²) in [6.07, 6.45) is 3.56. The molecule has 0 atom stereocenters. The first kappa shape index (κ1) is 13.1. The highest BCUT2D eigenvalue weighted by atomic mass is 79.9. The lowest BCUT2D eigenvalue weighted by Crippen LogP contribution is -2.26. The van der Waals surface area contributed by atoms with E-state index in [9.17, 15) is 0 Å². The molecule has 8 heteroatoms. The van der Waals surface area contributed by atoms with Crippen LogP contribution in [-0.4, -0.2) is 21.7 Å². The van der Waals surface area contributed by atoms with Gasteiger partial charge in [-0.25, -0.2) is 9.67 Å². The van der Waals surface area contributed by atoms with E-state index < -0.39 is 0 Å². The van der Waals surface area contributed by atoms with Gasteiger partial charge in [0.05, 0.1) is 22.0 Å². The Morgan fingerprint density at radius 3 is 2.37 bits per heavy atom. The predicted molar refractivity (Wildman–Crippen MR) is 78.4 cm³/mol. The zero-order chi connectivity index (χ0) is 13.8. The molecule has 0 aliphatic carbocycles. The summed E-state index contributed by atoms with van der Waals surface area (Å²) < 4.78 is 2.64. The van der Waals surface area contributed by atoms with Crippen molar-refractivity contribution >= 4 is 33.5 Å². The number of rotatable bonds is 2. The summed E-state index contributed by atoms with van der Waals surface area (Å²) in [7, 11) is 0. The van der Waals surface area contributed by atoms with Gasteiger partial charge < -0.3 is 17.2 Å². The third-order valence-electron chi connectivity index (χ3n) is 2.15. The average Bonchev–Trinajstić information content (AvgIpc) is 2.75. The van der Waals surface area contributed by atoms with Crippen molar-refractivity contribution in [2.45, 2.75) is 0 Å². The summed E-state index contributed by atoms with van der Waals surface area (Å²) in [6.45, 7) is 0. The van der Waals surface area contributed by atoms with Crippen LogP contribution < -0.4 is 17.2 Å². The summed E-state index contributed by atoms with van der Waals surface area (Å²) in [5.74, 6) is -0.117. The number of halogens is 1. The largest absolute Gasteiger partial charge is 0.370 e. The SMILES string of the molecule is NC(N)=NC(N)=Nc1ccc(-n2cc(Br)cn2)cc1. The van der Waals surface area contributed by atoms with Gasteiger partial charge in [-0.05, 0) is 40.2 Å². The zero-order valence-corrected chi connectivity index (χ0v) is 11.4. The number of hydrogen-bond donors (Lipinski definition) is 3. The molecule has 0 spiro atoms. The summed E-state index contributed by atoms with van der Waals surface area (Å²) in [5, 5.41) is 4.17. The predicted octanol–water partition coefficient (Wildman–Crippen LogP) is 0.854. The molecule has 7 nitrogen and oxygen atoms in total. The Kier molecular flexibility index (Phi) is 3.81. The van der Waals surface area contributed by atoms with Gasteiger partial charge in [-0.2, -0.15) is 10.1 Å². The van der Waals surface area contributed by atoms with E-state index in [1.54, 1.807) is 23.0 Å². The normalized spacial score (nSPS) is 11.3. The van der Waals surface area contributed by atoms with Gasteiger partial charge in [0.15, 0.2) is 5.96 Å². The Balaban J connectivity index is 2.22. The fourth-order valence-corrected chi connectivity index (χ4v) is 1.70. The highest BCUT2D eigenvalue weighted by molar-refractivity contribution is 9.10. The first-order valence-corrected chi connectivity index (χ1v) is 6.08. The van der Waals surface area contributed by atoms with Crippen LogP contribution in [0.15, 0.2) is 51.1 Å². The second-order valence-corrected chi connectivity index (χ2v) is 4.54. The van der Waals surface area contributed by atoms with E-state index in [4.69, 9.17) is 17.2 Å². The molecule has 0 saturated carbocycles. The van der Waals surface area contributed by atoms with Gasteiger partial charge in [-0.15, -0.1) is 0 Å². The molecule has 0 aliphatic heterocycles. The van der Waals surface area contributed by atoms with E-state index in [1.165, 1.54) is 0 Å². The topological polar surface area (TPSA) is 121 Å². The second-order valence-electron chi connectivity index (χ2n) is 3.63. The highest BCUT2D eigenvalue weighted by Crippen LogP contribution is 2.17. The molecule has 0 fully saturated rings. The van der Waals surface area contributed by atoms with Crippen LogP contribution in [0, 0.1) is 0 Å². The molecule has 2 aromatic rings. The molecule has 19 heavy (non-hydrogen) atoms. The lowest BCUT2D eigenvalue weighted by atomic mass is 10.3. The maximum Gasteiger partial charge on any atom is 0.223 e. The van der Waals surface area contributed by atoms with Gasteiger partial charge in [-0.3, -0.25) is 0 Å². The Hall–Kier alpha value is -2.35. The van der Waals surface area contributed by atoms with Crippen molar-refractivity contribution in [1.29, 1.82) is 0 Å². The van der Waals surface area contributed by atoms with Crippen LogP contribution in [0.25, 0.3) is 5.69 Å². The Bertz CT molecular complexity index is 623. The minimum atomic E-state index is -0.126. The fourth-order valence-electron chi connectivity index (χ4n) is 1.41. The molecule has 0 unspecified atom stereocenters. The van der Waals surface area contributed by atoms with E-state index >= 15 is 0 Å². The highest BCUT2D eigenvalue weighted by Gasteiger charge is 1.99. The molecular weight excluding hydrogens is 310 g/mol. The molecule has 1 heterocycles. The summed E-state index contributed by atoms with van der Waals surface area (Å²) in [4.78, 5) is 7.68. The van der Waals surface area contributed by atoms with Crippen LogP contribution in [0.1, 0.15) is 0 Å². The first-order chi connectivity index (χ1) is 9.04. The molecule has 0 radical (unpaired) electrons. The molecule has 1 aromatic heterocycles.